The maximum Gasteiger partial charge on any atom is 0.227 e. The molecule has 2 aliphatic rings. The number of pyridine rings is 1. The Kier molecular flexibility index (Phi) is 6.02. The van der Waals surface area contributed by atoms with E-state index in [9.17, 15) is 9.50 Å². The first-order valence-electron chi connectivity index (χ1n) is 12.3. The van der Waals surface area contributed by atoms with Crippen LogP contribution in [0.1, 0.15) is 25.7 Å². The molecule has 10 heteroatoms. The Balaban J connectivity index is 1.21. The Labute approximate surface area is 208 Å². The molecule has 0 saturated carbocycles. The molecular formula is C26H27FN8O. The molecule has 0 aliphatic carbocycles. The second-order valence-corrected chi connectivity index (χ2v) is 9.28. The summed E-state index contributed by atoms with van der Waals surface area (Å²) in [6.45, 7) is 3.52. The van der Waals surface area contributed by atoms with Crippen molar-refractivity contribution in [1.82, 2.24) is 24.9 Å². The number of benzene rings is 1. The van der Waals surface area contributed by atoms with Crippen LogP contribution in [0, 0.1) is 5.82 Å². The van der Waals surface area contributed by atoms with Crippen LogP contribution in [0.3, 0.4) is 0 Å². The van der Waals surface area contributed by atoms with E-state index in [0.29, 0.717) is 11.3 Å². The minimum atomic E-state index is -0.504. The summed E-state index contributed by atoms with van der Waals surface area (Å²) in [5, 5.41) is 13.6. The van der Waals surface area contributed by atoms with Gasteiger partial charge in [-0.15, -0.1) is 0 Å². The van der Waals surface area contributed by atoms with E-state index in [1.807, 2.05) is 30.3 Å². The van der Waals surface area contributed by atoms with Crippen LogP contribution >= 0.6 is 0 Å². The first-order chi connectivity index (χ1) is 17.6. The summed E-state index contributed by atoms with van der Waals surface area (Å²) in [4.78, 5) is 26.6. The zero-order chi connectivity index (χ0) is 24.5. The molecule has 1 aromatic carbocycles. The number of aliphatic hydroxyl groups is 1. The van der Waals surface area contributed by atoms with Crippen molar-refractivity contribution < 1.29 is 9.50 Å². The minimum absolute atomic E-state index is 0.203. The van der Waals surface area contributed by atoms with Gasteiger partial charge in [-0.3, -0.25) is 0 Å². The van der Waals surface area contributed by atoms with Gasteiger partial charge < -0.3 is 20.2 Å². The van der Waals surface area contributed by atoms with Gasteiger partial charge >= 0.3 is 0 Å². The number of piperidine rings is 1. The first-order valence-corrected chi connectivity index (χ1v) is 12.3. The molecule has 2 fully saturated rings. The van der Waals surface area contributed by atoms with Crippen molar-refractivity contribution in [2.45, 2.75) is 31.8 Å². The number of nitrogens with one attached hydrogen (secondary N) is 1. The second-order valence-electron chi connectivity index (χ2n) is 9.28. The van der Waals surface area contributed by atoms with Gasteiger partial charge in [-0.1, -0.05) is 6.07 Å². The number of hydrogen-bond donors (Lipinski definition) is 2. The summed E-state index contributed by atoms with van der Waals surface area (Å²) in [7, 11) is 0. The van der Waals surface area contributed by atoms with E-state index in [1.165, 1.54) is 6.20 Å². The second kappa shape index (κ2) is 9.62. The van der Waals surface area contributed by atoms with Crippen LogP contribution in [0.4, 0.5) is 27.8 Å². The Morgan fingerprint density at radius 1 is 0.861 bits per heavy atom. The molecular weight excluding hydrogens is 459 g/mol. The normalized spacial score (nSPS) is 16.6. The van der Waals surface area contributed by atoms with Gasteiger partial charge in [-0.2, -0.15) is 0 Å². The fourth-order valence-electron chi connectivity index (χ4n) is 4.74. The molecule has 0 spiro atoms. The number of nitrogens with zero attached hydrogens (tertiary/aromatic N) is 7. The molecule has 0 amide bonds. The lowest BCUT2D eigenvalue weighted by molar-refractivity contribution is 0.145. The molecule has 2 N–H and O–H groups in total. The molecule has 0 bridgehead atoms. The fourth-order valence-corrected chi connectivity index (χ4v) is 4.74. The van der Waals surface area contributed by atoms with Crippen LogP contribution in [0.25, 0.3) is 22.2 Å². The molecule has 5 heterocycles. The minimum Gasteiger partial charge on any atom is -0.393 e. The fraction of sp³-hybridized carbons (Fsp3) is 0.346. The summed E-state index contributed by atoms with van der Waals surface area (Å²) in [5.41, 5.74) is 2.35. The van der Waals surface area contributed by atoms with Crippen LogP contribution in [0.2, 0.25) is 0 Å². The summed E-state index contributed by atoms with van der Waals surface area (Å²) in [6.07, 6.45) is 8.24. The average Bonchev–Trinajstić information content (AvgIpc) is 3.45. The van der Waals surface area contributed by atoms with E-state index in [-0.39, 0.29) is 17.7 Å². The summed E-state index contributed by atoms with van der Waals surface area (Å²) in [5.74, 6) is 1.38. The van der Waals surface area contributed by atoms with Crippen molar-refractivity contribution in [3.8, 4) is 11.3 Å². The number of rotatable bonds is 5. The molecule has 6 rings (SSSR count). The highest BCUT2D eigenvalue weighted by atomic mass is 19.1. The van der Waals surface area contributed by atoms with Crippen molar-refractivity contribution in [2.75, 3.05) is 41.3 Å². The Bertz CT molecular complexity index is 1370. The van der Waals surface area contributed by atoms with Gasteiger partial charge in [0.1, 0.15) is 11.5 Å². The maximum atomic E-state index is 14.7. The average molecular weight is 487 g/mol. The first kappa shape index (κ1) is 22.5. The molecule has 4 aromatic rings. The quantitative estimate of drug-likeness (QED) is 0.434. The van der Waals surface area contributed by atoms with Gasteiger partial charge in [0.15, 0.2) is 5.82 Å². The van der Waals surface area contributed by atoms with E-state index in [1.54, 1.807) is 12.4 Å². The van der Waals surface area contributed by atoms with Crippen molar-refractivity contribution in [2.24, 2.45) is 0 Å². The largest absolute Gasteiger partial charge is 0.393 e. The molecule has 2 saturated heterocycles. The van der Waals surface area contributed by atoms with Crippen LogP contribution in [-0.4, -0.2) is 62.3 Å². The third-order valence-corrected chi connectivity index (χ3v) is 6.77. The van der Waals surface area contributed by atoms with E-state index >= 15 is 0 Å². The van der Waals surface area contributed by atoms with Gasteiger partial charge in [0.2, 0.25) is 11.9 Å². The lowest BCUT2D eigenvalue weighted by Gasteiger charge is -2.30. The molecule has 0 unspecified atom stereocenters. The highest BCUT2D eigenvalue weighted by Gasteiger charge is 2.19. The van der Waals surface area contributed by atoms with Crippen molar-refractivity contribution >= 4 is 34.3 Å². The molecule has 0 atom stereocenters. The van der Waals surface area contributed by atoms with Gasteiger partial charge in [-0.25, -0.2) is 29.3 Å². The smallest absolute Gasteiger partial charge is 0.227 e. The zero-order valence-electron chi connectivity index (χ0n) is 19.8. The van der Waals surface area contributed by atoms with Crippen LogP contribution in [0.15, 0.2) is 48.9 Å². The number of fused-ring (bicyclic) bond motifs is 1. The number of hydrogen-bond acceptors (Lipinski definition) is 9. The number of halogens is 1. The van der Waals surface area contributed by atoms with Crippen LogP contribution in [-0.2, 0) is 0 Å². The van der Waals surface area contributed by atoms with E-state index in [0.717, 1.165) is 74.5 Å². The summed E-state index contributed by atoms with van der Waals surface area (Å²) in [6, 6.07) is 9.37. The summed E-state index contributed by atoms with van der Waals surface area (Å²) >= 11 is 0. The topological polar surface area (TPSA) is 103 Å². The van der Waals surface area contributed by atoms with Crippen LogP contribution < -0.4 is 15.1 Å². The van der Waals surface area contributed by atoms with E-state index in [2.05, 4.69) is 40.0 Å². The third-order valence-electron chi connectivity index (χ3n) is 6.77. The Hall–Kier alpha value is -3.92. The molecule has 9 nitrogen and oxygen atoms in total. The Morgan fingerprint density at radius 3 is 2.47 bits per heavy atom. The van der Waals surface area contributed by atoms with Gasteiger partial charge in [0.25, 0.3) is 0 Å². The summed E-state index contributed by atoms with van der Waals surface area (Å²) < 4.78 is 14.7. The van der Waals surface area contributed by atoms with E-state index in [4.69, 9.17) is 0 Å². The van der Waals surface area contributed by atoms with Gasteiger partial charge in [0, 0.05) is 43.3 Å². The maximum absolute atomic E-state index is 14.7. The lowest BCUT2D eigenvalue weighted by Crippen LogP contribution is -2.36. The molecule has 36 heavy (non-hydrogen) atoms. The number of aromatic nitrogens is 5. The van der Waals surface area contributed by atoms with Crippen molar-refractivity contribution in [1.29, 1.82) is 0 Å². The SMILES string of the molecule is OC1CCN(c2ccc(Nc3ncc(F)c(-c4ccc5nc(N6CCCC6)ncc5c4)n3)cn2)CC1. The van der Waals surface area contributed by atoms with Gasteiger partial charge in [-0.05, 0) is 49.9 Å². The molecule has 0 radical (unpaired) electrons. The van der Waals surface area contributed by atoms with E-state index < -0.39 is 5.82 Å². The Morgan fingerprint density at radius 2 is 1.69 bits per heavy atom. The predicted octanol–water partition coefficient (Wildman–Crippen LogP) is 3.93. The standard InChI is InChI=1S/C26H27FN8O/c27-21-16-29-25(31-19-4-6-23(28-15-19)34-11-7-20(36)8-12-34)33-24(21)17-3-5-22-18(13-17)14-30-26(32-22)35-9-1-2-10-35/h3-6,13-16,20,36H,1-2,7-12H2,(H,29,31,33). The van der Waals surface area contributed by atoms with Gasteiger partial charge in [0.05, 0.1) is 29.7 Å². The molecule has 2 aliphatic heterocycles. The highest BCUT2D eigenvalue weighted by molar-refractivity contribution is 5.84. The highest BCUT2D eigenvalue weighted by Crippen LogP contribution is 2.27. The molecule has 3 aromatic heterocycles. The number of anilines is 4. The molecule has 184 valence electrons. The zero-order valence-corrected chi connectivity index (χ0v) is 19.8. The predicted molar refractivity (Wildman–Crippen MR) is 137 cm³/mol. The van der Waals surface area contributed by atoms with Crippen LogP contribution in [0.5, 0.6) is 0 Å². The monoisotopic (exact) mass is 486 g/mol. The third kappa shape index (κ3) is 4.64. The van der Waals surface area contributed by atoms with Crippen molar-refractivity contribution in [3.05, 3.63) is 54.7 Å². The lowest BCUT2D eigenvalue weighted by atomic mass is 10.1. The van der Waals surface area contributed by atoms with Crippen molar-refractivity contribution in [3.63, 3.8) is 0 Å². The number of aliphatic hydroxyl groups excluding tert-OH is 1.